The van der Waals surface area contributed by atoms with Gasteiger partial charge in [0, 0.05) is 23.2 Å². The van der Waals surface area contributed by atoms with E-state index in [1.165, 1.54) is 24.9 Å². The first-order valence-corrected chi connectivity index (χ1v) is 6.70. The van der Waals surface area contributed by atoms with Crippen molar-refractivity contribution in [1.82, 2.24) is 0 Å². The number of nitrogens with zero attached hydrogens (tertiary/aromatic N) is 1. The monoisotopic (exact) mass is 283 g/mol. The second kappa shape index (κ2) is 5.19. The average Bonchev–Trinajstić information content (AvgIpc) is 2.29. The molecule has 1 aliphatic heterocycles. The lowest BCUT2D eigenvalue weighted by Crippen LogP contribution is -2.29. The van der Waals surface area contributed by atoms with Gasteiger partial charge in [-0.25, -0.2) is 0 Å². The van der Waals surface area contributed by atoms with E-state index in [-0.39, 0.29) is 0 Å². The first-order chi connectivity index (χ1) is 7.68. The van der Waals surface area contributed by atoms with Gasteiger partial charge in [0.2, 0.25) is 0 Å². The van der Waals surface area contributed by atoms with Crippen LogP contribution in [-0.4, -0.2) is 18.2 Å². The van der Waals surface area contributed by atoms with E-state index in [0.29, 0.717) is 0 Å². The van der Waals surface area contributed by atoms with E-state index < -0.39 is 6.10 Å². The highest BCUT2D eigenvalue weighted by molar-refractivity contribution is 9.10. The van der Waals surface area contributed by atoms with Gasteiger partial charge in [-0.1, -0.05) is 22.0 Å². The lowest BCUT2D eigenvalue weighted by Gasteiger charge is -2.29. The molecule has 1 heterocycles. The Morgan fingerprint density at radius 2 is 1.94 bits per heavy atom. The third-order valence-corrected chi connectivity index (χ3v) is 3.84. The van der Waals surface area contributed by atoms with Crippen LogP contribution in [0.25, 0.3) is 0 Å². The molecular formula is C13H18BrNO. The molecule has 0 amide bonds. The summed E-state index contributed by atoms with van der Waals surface area (Å²) in [6.07, 6.45) is 3.51. The summed E-state index contributed by atoms with van der Waals surface area (Å²) in [5, 5.41) is 9.56. The average molecular weight is 284 g/mol. The van der Waals surface area contributed by atoms with Crippen LogP contribution in [0.15, 0.2) is 22.7 Å². The molecule has 0 aromatic heterocycles. The van der Waals surface area contributed by atoms with E-state index in [2.05, 4.69) is 33.0 Å². The van der Waals surface area contributed by atoms with E-state index in [0.717, 1.165) is 23.1 Å². The SMILES string of the molecule is CC(O)c1ccc(N2CCCCC2)cc1Br. The van der Waals surface area contributed by atoms with Gasteiger partial charge < -0.3 is 10.0 Å². The van der Waals surface area contributed by atoms with Gasteiger partial charge in [0.05, 0.1) is 6.10 Å². The maximum Gasteiger partial charge on any atom is 0.0772 e. The van der Waals surface area contributed by atoms with Crippen molar-refractivity contribution in [2.75, 3.05) is 18.0 Å². The molecule has 0 saturated carbocycles. The van der Waals surface area contributed by atoms with E-state index in [4.69, 9.17) is 0 Å². The lowest BCUT2D eigenvalue weighted by atomic mass is 10.1. The highest BCUT2D eigenvalue weighted by Crippen LogP contribution is 2.29. The van der Waals surface area contributed by atoms with Crippen molar-refractivity contribution in [3.63, 3.8) is 0 Å². The Morgan fingerprint density at radius 1 is 1.25 bits per heavy atom. The molecule has 0 radical (unpaired) electrons. The van der Waals surface area contributed by atoms with Crippen molar-refractivity contribution in [3.05, 3.63) is 28.2 Å². The molecule has 1 N–H and O–H groups in total. The van der Waals surface area contributed by atoms with Crippen molar-refractivity contribution in [1.29, 1.82) is 0 Å². The second-order valence-corrected chi connectivity index (χ2v) is 5.28. The highest BCUT2D eigenvalue weighted by atomic mass is 79.9. The molecule has 16 heavy (non-hydrogen) atoms. The third kappa shape index (κ3) is 2.58. The molecule has 2 nitrogen and oxygen atoms in total. The summed E-state index contributed by atoms with van der Waals surface area (Å²) in [7, 11) is 0. The minimum Gasteiger partial charge on any atom is -0.389 e. The van der Waals surface area contributed by atoms with Crippen LogP contribution >= 0.6 is 15.9 Å². The van der Waals surface area contributed by atoms with Crippen LogP contribution in [0.4, 0.5) is 5.69 Å². The number of halogens is 1. The number of hydrogen-bond acceptors (Lipinski definition) is 2. The molecular weight excluding hydrogens is 266 g/mol. The van der Waals surface area contributed by atoms with E-state index in [1.807, 2.05) is 6.07 Å². The van der Waals surface area contributed by atoms with Gasteiger partial charge in [-0.3, -0.25) is 0 Å². The molecule has 1 atom stereocenters. The summed E-state index contributed by atoms with van der Waals surface area (Å²) in [4.78, 5) is 2.42. The maximum absolute atomic E-state index is 9.56. The summed E-state index contributed by atoms with van der Waals surface area (Å²) in [5.74, 6) is 0. The number of rotatable bonds is 2. The molecule has 0 bridgehead atoms. The summed E-state index contributed by atoms with van der Waals surface area (Å²) < 4.78 is 1.01. The maximum atomic E-state index is 9.56. The lowest BCUT2D eigenvalue weighted by molar-refractivity contribution is 0.198. The number of anilines is 1. The predicted octanol–water partition coefficient (Wildman–Crippen LogP) is 3.49. The molecule has 2 rings (SSSR count). The Kier molecular flexibility index (Phi) is 3.87. The summed E-state index contributed by atoms with van der Waals surface area (Å²) >= 11 is 3.53. The third-order valence-electron chi connectivity index (χ3n) is 3.16. The molecule has 1 saturated heterocycles. The predicted molar refractivity (Wildman–Crippen MR) is 70.8 cm³/mol. The van der Waals surface area contributed by atoms with Crippen LogP contribution < -0.4 is 4.90 Å². The fraction of sp³-hybridized carbons (Fsp3) is 0.538. The quantitative estimate of drug-likeness (QED) is 0.898. The normalized spacial score (nSPS) is 18.6. The van der Waals surface area contributed by atoms with Crippen LogP contribution in [0.1, 0.15) is 37.9 Å². The van der Waals surface area contributed by atoms with Crippen molar-refractivity contribution < 1.29 is 5.11 Å². The van der Waals surface area contributed by atoms with Crippen molar-refractivity contribution in [3.8, 4) is 0 Å². The zero-order valence-electron chi connectivity index (χ0n) is 9.62. The largest absolute Gasteiger partial charge is 0.389 e. The first kappa shape index (κ1) is 11.9. The van der Waals surface area contributed by atoms with Crippen LogP contribution in [-0.2, 0) is 0 Å². The molecule has 1 unspecified atom stereocenters. The molecule has 3 heteroatoms. The zero-order valence-corrected chi connectivity index (χ0v) is 11.2. The number of hydrogen-bond donors (Lipinski definition) is 1. The van der Waals surface area contributed by atoms with Crippen LogP contribution in [0.2, 0.25) is 0 Å². The van der Waals surface area contributed by atoms with Gasteiger partial charge in [0.15, 0.2) is 0 Å². The van der Waals surface area contributed by atoms with E-state index in [9.17, 15) is 5.11 Å². The fourth-order valence-corrected chi connectivity index (χ4v) is 2.90. The first-order valence-electron chi connectivity index (χ1n) is 5.91. The zero-order chi connectivity index (χ0) is 11.5. The number of benzene rings is 1. The molecule has 0 aliphatic carbocycles. The Bertz CT molecular complexity index is 359. The smallest absolute Gasteiger partial charge is 0.0772 e. The molecule has 1 fully saturated rings. The van der Waals surface area contributed by atoms with Gasteiger partial charge >= 0.3 is 0 Å². The number of piperidine rings is 1. The van der Waals surface area contributed by atoms with Gasteiger partial charge in [-0.05, 0) is 43.9 Å². The molecule has 1 aromatic carbocycles. The number of aliphatic hydroxyl groups excluding tert-OH is 1. The minimum absolute atomic E-state index is 0.412. The molecule has 0 spiro atoms. The van der Waals surface area contributed by atoms with Crippen molar-refractivity contribution in [2.45, 2.75) is 32.3 Å². The van der Waals surface area contributed by atoms with Gasteiger partial charge in [-0.15, -0.1) is 0 Å². The van der Waals surface area contributed by atoms with Crippen LogP contribution in [0.5, 0.6) is 0 Å². The minimum atomic E-state index is -0.412. The van der Waals surface area contributed by atoms with Crippen molar-refractivity contribution in [2.24, 2.45) is 0 Å². The molecule has 88 valence electrons. The Hall–Kier alpha value is -0.540. The molecule has 1 aliphatic rings. The fourth-order valence-electron chi connectivity index (χ4n) is 2.20. The Morgan fingerprint density at radius 3 is 2.50 bits per heavy atom. The van der Waals surface area contributed by atoms with Crippen LogP contribution in [0, 0.1) is 0 Å². The topological polar surface area (TPSA) is 23.5 Å². The second-order valence-electron chi connectivity index (χ2n) is 4.43. The summed E-state index contributed by atoms with van der Waals surface area (Å²) in [5.41, 5.74) is 2.22. The van der Waals surface area contributed by atoms with E-state index in [1.54, 1.807) is 6.92 Å². The Balaban J connectivity index is 2.19. The highest BCUT2D eigenvalue weighted by Gasteiger charge is 2.13. The van der Waals surface area contributed by atoms with Crippen LogP contribution in [0.3, 0.4) is 0 Å². The molecule has 1 aromatic rings. The Labute approximate surface area is 105 Å². The number of aliphatic hydroxyl groups is 1. The van der Waals surface area contributed by atoms with Gasteiger partial charge in [0.25, 0.3) is 0 Å². The van der Waals surface area contributed by atoms with E-state index >= 15 is 0 Å². The standard InChI is InChI=1S/C13H18BrNO/c1-10(16)12-6-5-11(9-13(12)14)15-7-3-2-4-8-15/h5-6,9-10,16H,2-4,7-8H2,1H3. The van der Waals surface area contributed by atoms with Gasteiger partial charge in [-0.2, -0.15) is 0 Å². The summed E-state index contributed by atoms with van der Waals surface area (Å²) in [6.45, 7) is 4.10. The summed E-state index contributed by atoms with van der Waals surface area (Å²) in [6, 6.07) is 6.24. The van der Waals surface area contributed by atoms with Gasteiger partial charge in [0.1, 0.15) is 0 Å². The van der Waals surface area contributed by atoms with Crippen molar-refractivity contribution >= 4 is 21.6 Å².